The van der Waals surface area contributed by atoms with Crippen molar-refractivity contribution < 1.29 is 9.53 Å². The summed E-state index contributed by atoms with van der Waals surface area (Å²) in [6.07, 6.45) is 0.870. The largest absolute Gasteiger partial charge is 0.493 e. The Morgan fingerprint density at radius 3 is 2.62 bits per heavy atom. The van der Waals surface area contributed by atoms with E-state index in [-0.39, 0.29) is 5.91 Å². The Morgan fingerprint density at radius 1 is 1.29 bits per heavy atom. The van der Waals surface area contributed by atoms with Gasteiger partial charge in [0.25, 0.3) is 0 Å². The van der Waals surface area contributed by atoms with E-state index in [4.69, 9.17) is 16.3 Å². The maximum absolute atomic E-state index is 11.9. The van der Waals surface area contributed by atoms with Crippen LogP contribution in [0.4, 0.5) is 0 Å². The molecule has 0 N–H and O–H groups in total. The average Bonchev–Trinajstić information content (AvgIpc) is 2.45. The maximum atomic E-state index is 11.9. The zero-order chi connectivity index (χ0) is 15.7. The second-order valence-corrected chi connectivity index (χ2v) is 5.40. The number of carbonyl (C=O) groups is 1. The Labute approximate surface area is 132 Å². The summed E-state index contributed by atoms with van der Waals surface area (Å²) in [7, 11) is 1.96. The van der Waals surface area contributed by atoms with E-state index in [0.717, 1.165) is 31.8 Å². The minimum Gasteiger partial charge on any atom is -0.493 e. The summed E-state index contributed by atoms with van der Waals surface area (Å²) < 4.78 is 5.63. The van der Waals surface area contributed by atoms with Crippen LogP contribution in [-0.2, 0) is 4.79 Å². The number of hydrogen-bond donors (Lipinski definition) is 0. The molecule has 0 aliphatic carbocycles. The number of halogens is 1. The highest BCUT2D eigenvalue weighted by Crippen LogP contribution is 2.17. The molecule has 4 nitrogen and oxygen atoms in total. The molecule has 21 heavy (non-hydrogen) atoms. The molecule has 0 aliphatic heterocycles. The second kappa shape index (κ2) is 9.64. The van der Waals surface area contributed by atoms with Gasteiger partial charge >= 0.3 is 0 Å². The van der Waals surface area contributed by atoms with Gasteiger partial charge in [0.1, 0.15) is 5.75 Å². The molecule has 0 spiro atoms. The molecule has 0 bridgehead atoms. The standard InChI is InChI=1S/C16H25ClN2O2/c1-4-19(5-2)16(20)13-18(3)10-7-11-21-15-9-6-8-14(17)12-15/h6,8-9,12H,4-5,7,10-11,13H2,1-3H3. The molecule has 0 unspecified atom stereocenters. The molecule has 0 atom stereocenters. The number of amides is 1. The van der Waals surface area contributed by atoms with E-state index >= 15 is 0 Å². The van der Waals surface area contributed by atoms with Gasteiger partial charge in [-0.15, -0.1) is 0 Å². The number of nitrogens with zero attached hydrogens (tertiary/aromatic N) is 2. The first-order chi connectivity index (χ1) is 10.1. The van der Waals surface area contributed by atoms with Crippen LogP contribution in [0, 0.1) is 0 Å². The topological polar surface area (TPSA) is 32.8 Å². The molecule has 1 aromatic rings. The first-order valence-corrected chi connectivity index (χ1v) is 7.79. The van der Waals surface area contributed by atoms with Gasteiger partial charge in [-0.3, -0.25) is 9.69 Å². The SMILES string of the molecule is CCN(CC)C(=O)CN(C)CCCOc1cccc(Cl)c1. The molecule has 0 saturated carbocycles. The normalized spacial score (nSPS) is 10.7. The first kappa shape index (κ1) is 17.8. The lowest BCUT2D eigenvalue weighted by molar-refractivity contribution is -0.131. The average molecular weight is 313 g/mol. The summed E-state index contributed by atoms with van der Waals surface area (Å²) in [6, 6.07) is 7.38. The van der Waals surface area contributed by atoms with Crippen LogP contribution in [0.3, 0.4) is 0 Å². The van der Waals surface area contributed by atoms with Crippen molar-refractivity contribution in [2.24, 2.45) is 0 Å². The van der Waals surface area contributed by atoms with Gasteiger partial charge < -0.3 is 9.64 Å². The highest BCUT2D eigenvalue weighted by molar-refractivity contribution is 6.30. The van der Waals surface area contributed by atoms with Crippen molar-refractivity contribution in [2.75, 3.05) is 39.8 Å². The van der Waals surface area contributed by atoms with Crippen LogP contribution in [0.15, 0.2) is 24.3 Å². The Kier molecular flexibility index (Phi) is 8.16. The van der Waals surface area contributed by atoms with Crippen molar-refractivity contribution in [3.05, 3.63) is 29.3 Å². The summed E-state index contributed by atoms with van der Waals surface area (Å²) in [4.78, 5) is 15.8. The van der Waals surface area contributed by atoms with Gasteiger partial charge in [0.2, 0.25) is 5.91 Å². The molecular formula is C16H25ClN2O2. The Bertz CT molecular complexity index is 436. The van der Waals surface area contributed by atoms with Crippen molar-refractivity contribution in [2.45, 2.75) is 20.3 Å². The number of benzene rings is 1. The third-order valence-electron chi connectivity index (χ3n) is 3.27. The molecule has 0 fully saturated rings. The lowest BCUT2D eigenvalue weighted by Gasteiger charge is -2.23. The van der Waals surface area contributed by atoms with E-state index < -0.39 is 0 Å². The predicted molar refractivity (Wildman–Crippen MR) is 87.0 cm³/mol. The second-order valence-electron chi connectivity index (χ2n) is 4.96. The van der Waals surface area contributed by atoms with Gasteiger partial charge in [-0.25, -0.2) is 0 Å². The van der Waals surface area contributed by atoms with E-state index in [2.05, 4.69) is 0 Å². The maximum Gasteiger partial charge on any atom is 0.236 e. The fourth-order valence-electron chi connectivity index (χ4n) is 2.07. The molecule has 0 radical (unpaired) electrons. The van der Waals surface area contributed by atoms with Gasteiger partial charge in [0, 0.05) is 24.7 Å². The number of carbonyl (C=O) groups excluding carboxylic acids is 1. The first-order valence-electron chi connectivity index (χ1n) is 7.41. The fraction of sp³-hybridized carbons (Fsp3) is 0.562. The molecule has 118 valence electrons. The molecule has 1 rings (SSSR count). The van der Waals surface area contributed by atoms with E-state index in [1.54, 1.807) is 6.07 Å². The van der Waals surface area contributed by atoms with Crippen molar-refractivity contribution >= 4 is 17.5 Å². The molecule has 1 aromatic carbocycles. The minimum atomic E-state index is 0.179. The van der Waals surface area contributed by atoms with Crippen LogP contribution >= 0.6 is 11.6 Å². The van der Waals surface area contributed by atoms with E-state index in [1.807, 2.05) is 48.9 Å². The van der Waals surface area contributed by atoms with Gasteiger partial charge in [-0.05, 0) is 45.5 Å². The third kappa shape index (κ3) is 6.82. The molecule has 0 saturated heterocycles. The minimum absolute atomic E-state index is 0.179. The van der Waals surface area contributed by atoms with Crippen LogP contribution in [0.5, 0.6) is 5.75 Å². The number of ether oxygens (including phenoxy) is 1. The highest BCUT2D eigenvalue weighted by atomic mass is 35.5. The van der Waals surface area contributed by atoms with Crippen LogP contribution in [0.1, 0.15) is 20.3 Å². The molecule has 0 aromatic heterocycles. The number of hydrogen-bond acceptors (Lipinski definition) is 3. The Morgan fingerprint density at radius 2 is 2.00 bits per heavy atom. The number of rotatable bonds is 9. The monoisotopic (exact) mass is 312 g/mol. The number of likely N-dealkylation sites (N-methyl/N-ethyl adjacent to an activating group) is 2. The molecule has 5 heteroatoms. The summed E-state index contributed by atoms with van der Waals surface area (Å²) in [5, 5.41) is 0.675. The summed E-state index contributed by atoms with van der Waals surface area (Å²) in [5.74, 6) is 0.961. The van der Waals surface area contributed by atoms with E-state index in [1.165, 1.54) is 0 Å². The zero-order valence-electron chi connectivity index (χ0n) is 13.1. The molecule has 1 amide bonds. The van der Waals surface area contributed by atoms with Crippen molar-refractivity contribution in [3.8, 4) is 5.75 Å². The van der Waals surface area contributed by atoms with E-state index in [0.29, 0.717) is 18.2 Å². The molecule has 0 aliphatic rings. The third-order valence-corrected chi connectivity index (χ3v) is 3.51. The lowest BCUT2D eigenvalue weighted by Crippen LogP contribution is -2.39. The lowest BCUT2D eigenvalue weighted by atomic mass is 10.3. The summed E-state index contributed by atoms with van der Waals surface area (Å²) in [6.45, 7) is 7.43. The summed E-state index contributed by atoms with van der Waals surface area (Å²) >= 11 is 5.89. The Hall–Kier alpha value is -1.26. The fourth-order valence-corrected chi connectivity index (χ4v) is 2.25. The van der Waals surface area contributed by atoms with E-state index in [9.17, 15) is 4.79 Å². The molecule has 0 heterocycles. The van der Waals surface area contributed by atoms with Gasteiger partial charge in [0.15, 0.2) is 0 Å². The van der Waals surface area contributed by atoms with Crippen molar-refractivity contribution in [1.82, 2.24) is 9.80 Å². The van der Waals surface area contributed by atoms with Gasteiger partial charge in [0.05, 0.1) is 13.2 Å². The van der Waals surface area contributed by atoms with Crippen molar-refractivity contribution in [1.29, 1.82) is 0 Å². The van der Waals surface area contributed by atoms with Crippen LogP contribution < -0.4 is 4.74 Å². The van der Waals surface area contributed by atoms with Crippen molar-refractivity contribution in [3.63, 3.8) is 0 Å². The van der Waals surface area contributed by atoms with Crippen LogP contribution in [0.2, 0.25) is 5.02 Å². The smallest absolute Gasteiger partial charge is 0.236 e. The quantitative estimate of drug-likeness (QED) is 0.657. The highest BCUT2D eigenvalue weighted by Gasteiger charge is 2.11. The summed E-state index contributed by atoms with van der Waals surface area (Å²) in [5.41, 5.74) is 0. The van der Waals surface area contributed by atoms with Crippen LogP contribution in [0.25, 0.3) is 0 Å². The van der Waals surface area contributed by atoms with Gasteiger partial charge in [-0.2, -0.15) is 0 Å². The zero-order valence-corrected chi connectivity index (χ0v) is 13.9. The molecular weight excluding hydrogens is 288 g/mol. The predicted octanol–water partition coefficient (Wildman–Crippen LogP) is 2.91. The van der Waals surface area contributed by atoms with Crippen LogP contribution in [-0.4, -0.2) is 55.5 Å². The Balaban J connectivity index is 2.21. The van der Waals surface area contributed by atoms with Gasteiger partial charge in [-0.1, -0.05) is 17.7 Å².